The van der Waals surface area contributed by atoms with E-state index in [9.17, 15) is 22.8 Å². The fourth-order valence-electron chi connectivity index (χ4n) is 0.983. The molecule has 0 bridgehead atoms. The van der Waals surface area contributed by atoms with Gasteiger partial charge in [-0.15, -0.1) is 0 Å². The molecule has 0 fully saturated rings. The molecule has 6 nitrogen and oxygen atoms in total. The minimum atomic E-state index is -4.85. The number of carbonyl (C=O) groups excluding carboxylic acids is 2. The lowest BCUT2D eigenvalue weighted by atomic mass is 10.0. The Morgan fingerprint density at radius 2 is 1.79 bits per heavy atom. The summed E-state index contributed by atoms with van der Waals surface area (Å²) < 4.78 is 41.9. The summed E-state index contributed by atoms with van der Waals surface area (Å²) in [4.78, 5) is 22.4. The normalized spacial score (nSPS) is 14.6. The zero-order chi connectivity index (χ0) is 15.1. The molecule has 4 N–H and O–H groups in total. The summed E-state index contributed by atoms with van der Waals surface area (Å²) >= 11 is 0. The molecule has 0 spiro atoms. The van der Waals surface area contributed by atoms with Crippen molar-refractivity contribution in [3.63, 3.8) is 0 Å². The Morgan fingerprint density at radius 1 is 1.21 bits per heavy atom. The Balaban J connectivity index is 4.02. The van der Waals surface area contributed by atoms with E-state index >= 15 is 0 Å². The Labute approximate surface area is 108 Å². The zero-order valence-corrected chi connectivity index (χ0v) is 10.8. The van der Waals surface area contributed by atoms with E-state index in [1.165, 1.54) is 7.11 Å². The Morgan fingerprint density at radius 3 is 2.26 bits per heavy atom. The maximum absolute atomic E-state index is 12.4. The van der Waals surface area contributed by atoms with Crippen molar-refractivity contribution in [1.29, 1.82) is 0 Å². The molecule has 1 unspecified atom stereocenters. The summed E-state index contributed by atoms with van der Waals surface area (Å²) in [7, 11) is 1.46. The molecule has 0 rings (SSSR count). The maximum Gasteiger partial charge on any atom is 0.415 e. The lowest BCUT2D eigenvalue weighted by Crippen LogP contribution is -2.61. The molecule has 9 heteroatoms. The molecule has 0 aromatic heterocycles. The van der Waals surface area contributed by atoms with Crippen molar-refractivity contribution in [2.45, 2.75) is 25.1 Å². The molecule has 0 saturated carbocycles. The quantitative estimate of drug-likeness (QED) is 0.552. The van der Waals surface area contributed by atoms with Gasteiger partial charge < -0.3 is 21.1 Å². The van der Waals surface area contributed by atoms with Crippen LogP contribution < -0.4 is 16.4 Å². The highest BCUT2D eigenvalue weighted by molar-refractivity contribution is 5.87. The van der Waals surface area contributed by atoms with Crippen molar-refractivity contribution in [3.05, 3.63) is 0 Å². The molecule has 0 saturated heterocycles. The summed E-state index contributed by atoms with van der Waals surface area (Å²) in [5.41, 5.74) is 1.93. The second-order valence-corrected chi connectivity index (χ2v) is 4.05. The number of hydrogen-bond acceptors (Lipinski definition) is 4. The molecular weight excluding hydrogens is 267 g/mol. The standard InChI is InChI=1S/C10H18F3N3O3/c1-9(14,10(11,12)13)8(18)16-4-3-7(17)15-5-6-19-2/h3-6,14H2,1-2H3,(H,15,17)(H,16,18). The molecule has 19 heavy (non-hydrogen) atoms. The van der Waals surface area contributed by atoms with Crippen LogP contribution in [0.25, 0.3) is 0 Å². The minimum Gasteiger partial charge on any atom is -0.383 e. The third-order valence-corrected chi connectivity index (χ3v) is 2.33. The molecule has 0 aliphatic rings. The number of alkyl halides is 3. The van der Waals surface area contributed by atoms with Crippen LogP contribution in [0.2, 0.25) is 0 Å². The van der Waals surface area contributed by atoms with E-state index in [0.29, 0.717) is 20.1 Å². The predicted molar refractivity (Wildman–Crippen MR) is 61.2 cm³/mol. The zero-order valence-electron chi connectivity index (χ0n) is 10.8. The summed E-state index contributed by atoms with van der Waals surface area (Å²) in [6.07, 6.45) is -4.98. The van der Waals surface area contributed by atoms with E-state index in [2.05, 4.69) is 5.32 Å². The average Bonchev–Trinajstić information content (AvgIpc) is 2.27. The smallest absolute Gasteiger partial charge is 0.383 e. The molecule has 1 atom stereocenters. The number of rotatable bonds is 7. The molecule has 0 aliphatic heterocycles. The lowest BCUT2D eigenvalue weighted by molar-refractivity contribution is -0.187. The van der Waals surface area contributed by atoms with E-state index in [0.717, 1.165) is 0 Å². The third kappa shape index (κ3) is 5.88. The molecule has 0 aromatic carbocycles. The molecular formula is C10H18F3N3O3. The number of nitrogens with one attached hydrogen (secondary N) is 2. The highest BCUT2D eigenvalue weighted by Gasteiger charge is 2.53. The van der Waals surface area contributed by atoms with E-state index in [1.54, 1.807) is 0 Å². The number of ether oxygens (including phenoxy) is 1. The lowest BCUT2D eigenvalue weighted by Gasteiger charge is -2.26. The van der Waals surface area contributed by atoms with Gasteiger partial charge in [0.2, 0.25) is 11.8 Å². The molecule has 0 aliphatic carbocycles. The Kier molecular flexibility index (Phi) is 6.77. The van der Waals surface area contributed by atoms with E-state index in [4.69, 9.17) is 10.5 Å². The van der Waals surface area contributed by atoms with Crippen LogP contribution in [-0.2, 0) is 14.3 Å². The second kappa shape index (κ2) is 7.29. The first-order valence-electron chi connectivity index (χ1n) is 5.52. The van der Waals surface area contributed by atoms with Crippen molar-refractivity contribution in [1.82, 2.24) is 10.6 Å². The van der Waals surface area contributed by atoms with Gasteiger partial charge in [0.05, 0.1) is 6.61 Å². The first-order chi connectivity index (χ1) is 8.63. The van der Waals surface area contributed by atoms with Crippen LogP contribution in [0.15, 0.2) is 0 Å². The van der Waals surface area contributed by atoms with Gasteiger partial charge in [0, 0.05) is 26.6 Å². The first-order valence-corrected chi connectivity index (χ1v) is 5.52. The van der Waals surface area contributed by atoms with Gasteiger partial charge in [0.1, 0.15) is 0 Å². The van der Waals surface area contributed by atoms with Crippen molar-refractivity contribution in [2.75, 3.05) is 26.8 Å². The molecule has 0 heterocycles. The topological polar surface area (TPSA) is 93.5 Å². The summed E-state index contributed by atoms with van der Waals surface area (Å²) in [5.74, 6) is -1.77. The Hall–Kier alpha value is -1.35. The van der Waals surface area contributed by atoms with Gasteiger partial charge in [-0.2, -0.15) is 13.2 Å². The highest BCUT2D eigenvalue weighted by Crippen LogP contribution is 2.27. The van der Waals surface area contributed by atoms with Crippen LogP contribution >= 0.6 is 0 Å². The van der Waals surface area contributed by atoms with Gasteiger partial charge in [0.15, 0.2) is 5.54 Å². The van der Waals surface area contributed by atoms with Crippen LogP contribution in [0.1, 0.15) is 13.3 Å². The van der Waals surface area contributed by atoms with Crippen molar-refractivity contribution < 1.29 is 27.5 Å². The van der Waals surface area contributed by atoms with Crippen LogP contribution in [0.4, 0.5) is 13.2 Å². The van der Waals surface area contributed by atoms with E-state index < -0.39 is 23.5 Å². The number of hydrogen-bond donors (Lipinski definition) is 3. The average molecular weight is 285 g/mol. The van der Waals surface area contributed by atoms with Gasteiger partial charge in [-0.1, -0.05) is 0 Å². The summed E-state index contributed by atoms with van der Waals surface area (Å²) in [5, 5.41) is 4.43. The number of halogens is 3. The number of carbonyl (C=O) groups is 2. The largest absolute Gasteiger partial charge is 0.415 e. The van der Waals surface area contributed by atoms with Crippen LogP contribution in [0.3, 0.4) is 0 Å². The number of nitrogens with two attached hydrogens (primary N) is 1. The monoisotopic (exact) mass is 285 g/mol. The molecule has 2 amide bonds. The SMILES string of the molecule is COCCNC(=O)CCNC(=O)C(C)(N)C(F)(F)F. The predicted octanol–water partition coefficient (Wildman–Crippen LogP) is -0.465. The highest BCUT2D eigenvalue weighted by atomic mass is 19.4. The van der Waals surface area contributed by atoms with Gasteiger partial charge in [-0.05, 0) is 6.92 Å². The summed E-state index contributed by atoms with van der Waals surface area (Å²) in [6, 6.07) is 0. The van der Waals surface area contributed by atoms with Gasteiger partial charge >= 0.3 is 6.18 Å². The fourth-order valence-corrected chi connectivity index (χ4v) is 0.983. The van der Waals surface area contributed by atoms with Crippen molar-refractivity contribution in [2.24, 2.45) is 5.73 Å². The van der Waals surface area contributed by atoms with Crippen molar-refractivity contribution >= 4 is 11.8 Å². The van der Waals surface area contributed by atoms with Gasteiger partial charge in [-0.3, -0.25) is 9.59 Å². The number of amides is 2. The molecule has 0 radical (unpaired) electrons. The fraction of sp³-hybridized carbons (Fsp3) is 0.800. The van der Waals surface area contributed by atoms with Crippen LogP contribution in [0.5, 0.6) is 0 Å². The van der Waals surface area contributed by atoms with Crippen LogP contribution in [-0.4, -0.2) is 50.3 Å². The molecule has 0 aromatic rings. The van der Waals surface area contributed by atoms with E-state index in [1.807, 2.05) is 5.32 Å². The Bertz CT molecular complexity index is 319. The van der Waals surface area contributed by atoms with E-state index in [-0.39, 0.29) is 13.0 Å². The van der Waals surface area contributed by atoms with Gasteiger partial charge in [-0.25, -0.2) is 0 Å². The third-order valence-electron chi connectivity index (χ3n) is 2.33. The van der Waals surface area contributed by atoms with Gasteiger partial charge in [0.25, 0.3) is 0 Å². The summed E-state index contributed by atoms with van der Waals surface area (Å²) in [6.45, 7) is 0.967. The minimum absolute atomic E-state index is 0.136. The van der Waals surface area contributed by atoms with Crippen molar-refractivity contribution in [3.8, 4) is 0 Å². The van der Waals surface area contributed by atoms with Crippen LogP contribution in [0, 0.1) is 0 Å². The second-order valence-electron chi connectivity index (χ2n) is 4.05. The molecule has 112 valence electrons. The number of methoxy groups -OCH3 is 1. The maximum atomic E-state index is 12.4. The first kappa shape index (κ1) is 17.6.